The van der Waals surface area contributed by atoms with Crippen molar-refractivity contribution in [3.8, 4) is 11.5 Å². The number of carbonyl (C=O) groups is 2. The first-order valence-electron chi connectivity index (χ1n) is 7.72. The van der Waals surface area contributed by atoms with Crippen molar-refractivity contribution < 1.29 is 24.2 Å². The molecule has 0 bridgehead atoms. The Labute approximate surface area is 146 Å². The minimum Gasteiger partial charge on any atom is -0.493 e. The Balaban J connectivity index is 2.47. The first-order valence-corrected chi connectivity index (χ1v) is 9.01. The van der Waals surface area contributed by atoms with E-state index in [0.29, 0.717) is 24.5 Å². The SMILES string of the molecule is COc1cc2c(cc1OC)C(CC(=O)O)N(C(=O)C(C)SC)CC2. The second-order valence-electron chi connectivity index (χ2n) is 5.68. The smallest absolute Gasteiger partial charge is 0.305 e. The number of rotatable bonds is 6. The number of hydrogen-bond acceptors (Lipinski definition) is 5. The number of ether oxygens (including phenoxy) is 2. The summed E-state index contributed by atoms with van der Waals surface area (Å²) >= 11 is 1.46. The summed E-state index contributed by atoms with van der Waals surface area (Å²) < 4.78 is 10.7. The maximum Gasteiger partial charge on any atom is 0.305 e. The van der Waals surface area contributed by atoms with Crippen LogP contribution in [0.15, 0.2) is 12.1 Å². The van der Waals surface area contributed by atoms with Crippen molar-refractivity contribution >= 4 is 23.6 Å². The lowest BCUT2D eigenvalue weighted by molar-refractivity contribution is -0.141. The van der Waals surface area contributed by atoms with Gasteiger partial charge in [-0.1, -0.05) is 0 Å². The summed E-state index contributed by atoms with van der Waals surface area (Å²) in [4.78, 5) is 25.7. The van der Waals surface area contributed by atoms with E-state index >= 15 is 0 Å². The zero-order valence-electron chi connectivity index (χ0n) is 14.4. The Kier molecular flexibility index (Phi) is 5.99. The van der Waals surface area contributed by atoms with Crippen LogP contribution < -0.4 is 9.47 Å². The van der Waals surface area contributed by atoms with Crippen LogP contribution in [-0.4, -0.2) is 54.2 Å². The van der Waals surface area contributed by atoms with Crippen LogP contribution in [0.3, 0.4) is 0 Å². The average molecular weight is 353 g/mol. The lowest BCUT2D eigenvalue weighted by Gasteiger charge is -2.38. The van der Waals surface area contributed by atoms with Crippen molar-refractivity contribution in [3.63, 3.8) is 0 Å². The maximum atomic E-state index is 12.7. The summed E-state index contributed by atoms with van der Waals surface area (Å²) in [5, 5.41) is 9.11. The quantitative estimate of drug-likeness (QED) is 0.846. The molecule has 132 valence electrons. The monoisotopic (exact) mass is 353 g/mol. The van der Waals surface area contributed by atoms with Crippen LogP contribution in [0.25, 0.3) is 0 Å². The molecule has 24 heavy (non-hydrogen) atoms. The highest BCUT2D eigenvalue weighted by molar-refractivity contribution is 7.99. The van der Waals surface area contributed by atoms with Crippen molar-refractivity contribution in [3.05, 3.63) is 23.3 Å². The molecule has 1 aliphatic heterocycles. The fourth-order valence-corrected chi connectivity index (χ4v) is 3.35. The number of amides is 1. The van der Waals surface area contributed by atoms with Gasteiger partial charge in [0.1, 0.15) is 0 Å². The van der Waals surface area contributed by atoms with Gasteiger partial charge in [0.25, 0.3) is 0 Å². The number of benzene rings is 1. The summed E-state index contributed by atoms with van der Waals surface area (Å²) in [6.07, 6.45) is 2.41. The van der Waals surface area contributed by atoms with E-state index in [2.05, 4.69) is 0 Å². The minimum atomic E-state index is -0.933. The summed E-state index contributed by atoms with van der Waals surface area (Å²) in [6, 6.07) is 3.18. The third kappa shape index (κ3) is 3.61. The van der Waals surface area contributed by atoms with Crippen molar-refractivity contribution in [1.82, 2.24) is 4.90 Å². The molecule has 6 nitrogen and oxygen atoms in total. The number of hydrogen-bond donors (Lipinski definition) is 1. The van der Waals surface area contributed by atoms with E-state index in [1.165, 1.54) is 18.9 Å². The molecule has 1 aromatic rings. The van der Waals surface area contributed by atoms with Crippen LogP contribution in [-0.2, 0) is 16.0 Å². The summed E-state index contributed by atoms with van der Waals surface area (Å²) in [6.45, 7) is 2.35. The fraction of sp³-hybridized carbons (Fsp3) is 0.529. The van der Waals surface area contributed by atoms with Crippen molar-refractivity contribution in [1.29, 1.82) is 0 Å². The fourth-order valence-electron chi connectivity index (χ4n) is 3.01. The Hall–Kier alpha value is -1.89. The molecule has 0 aromatic heterocycles. The molecule has 2 atom stereocenters. The van der Waals surface area contributed by atoms with E-state index < -0.39 is 12.0 Å². The first-order chi connectivity index (χ1) is 11.4. The molecule has 1 amide bonds. The molecule has 7 heteroatoms. The molecule has 2 unspecified atom stereocenters. The highest BCUT2D eigenvalue weighted by Gasteiger charge is 2.35. The number of aliphatic carboxylic acids is 1. The van der Waals surface area contributed by atoms with Crippen LogP contribution in [0, 0.1) is 0 Å². The van der Waals surface area contributed by atoms with E-state index in [1.54, 1.807) is 18.1 Å². The van der Waals surface area contributed by atoms with Gasteiger partial charge >= 0.3 is 5.97 Å². The largest absolute Gasteiger partial charge is 0.493 e. The van der Waals surface area contributed by atoms with Gasteiger partial charge in [-0.15, -0.1) is 0 Å². The van der Waals surface area contributed by atoms with E-state index in [0.717, 1.165) is 11.1 Å². The van der Waals surface area contributed by atoms with E-state index in [9.17, 15) is 14.7 Å². The van der Waals surface area contributed by atoms with E-state index in [4.69, 9.17) is 9.47 Å². The topological polar surface area (TPSA) is 76.1 Å². The van der Waals surface area contributed by atoms with Crippen molar-refractivity contribution in [2.45, 2.75) is 31.1 Å². The molecule has 1 N–H and O–H groups in total. The summed E-state index contributed by atoms with van der Waals surface area (Å²) in [5.74, 6) is 0.188. The zero-order chi connectivity index (χ0) is 17.9. The number of thioether (sulfide) groups is 1. The third-order valence-electron chi connectivity index (χ3n) is 4.36. The van der Waals surface area contributed by atoms with Gasteiger partial charge in [0.05, 0.1) is 31.9 Å². The molecule has 0 saturated carbocycles. The lowest BCUT2D eigenvalue weighted by atomic mass is 9.89. The van der Waals surface area contributed by atoms with Gasteiger partial charge in [-0.2, -0.15) is 11.8 Å². The van der Waals surface area contributed by atoms with Crippen LogP contribution >= 0.6 is 11.8 Å². The predicted octanol–water partition coefficient (Wildman–Crippen LogP) is 2.36. The second kappa shape index (κ2) is 7.79. The normalized spacial score (nSPS) is 17.8. The molecule has 0 radical (unpaired) electrons. The molecule has 1 aromatic carbocycles. The number of nitrogens with zero attached hydrogens (tertiary/aromatic N) is 1. The molecular weight excluding hydrogens is 330 g/mol. The number of fused-ring (bicyclic) bond motifs is 1. The zero-order valence-corrected chi connectivity index (χ0v) is 15.2. The highest BCUT2D eigenvalue weighted by atomic mass is 32.2. The summed E-state index contributed by atoms with van der Waals surface area (Å²) in [7, 11) is 3.11. The number of carboxylic acids is 1. The molecule has 1 aliphatic rings. The summed E-state index contributed by atoms with van der Waals surface area (Å²) in [5.41, 5.74) is 1.82. The Morgan fingerprint density at radius 2 is 1.96 bits per heavy atom. The highest BCUT2D eigenvalue weighted by Crippen LogP contribution is 2.40. The number of methoxy groups -OCH3 is 2. The second-order valence-corrected chi connectivity index (χ2v) is 6.86. The maximum absolute atomic E-state index is 12.7. The van der Waals surface area contributed by atoms with E-state index in [1.807, 2.05) is 19.2 Å². The molecule has 0 spiro atoms. The van der Waals surface area contributed by atoms with Crippen LogP contribution in [0.1, 0.15) is 30.5 Å². The van der Waals surface area contributed by atoms with Crippen molar-refractivity contribution in [2.75, 3.05) is 27.0 Å². The molecule has 0 saturated heterocycles. The number of carbonyl (C=O) groups excluding carboxylic acids is 1. The van der Waals surface area contributed by atoms with Gasteiger partial charge in [0.2, 0.25) is 5.91 Å². The minimum absolute atomic E-state index is 0.0332. The predicted molar refractivity (Wildman–Crippen MR) is 92.9 cm³/mol. The Bertz CT molecular complexity index is 634. The van der Waals surface area contributed by atoms with Crippen LogP contribution in [0.2, 0.25) is 0 Å². The molecule has 2 rings (SSSR count). The van der Waals surface area contributed by atoms with Gasteiger partial charge in [-0.05, 0) is 42.9 Å². The van der Waals surface area contributed by atoms with Gasteiger partial charge in [-0.3, -0.25) is 9.59 Å². The van der Waals surface area contributed by atoms with Gasteiger partial charge in [-0.25, -0.2) is 0 Å². The van der Waals surface area contributed by atoms with Crippen molar-refractivity contribution in [2.24, 2.45) is 0 Å². The lowest BCUT2D eigenvalue weighted by Crippen LogP contribution is -2.44. The average Bonchev–Trinajstić information content (AvgIpc) is 2.58. The molecule has 0 aliphatic carbocycles. The van der Waals surface area contributed by atoms with Gasteiger partial charge < -0.3 is 19.5 Å². The molecule has 0 fully saturated rings. The van der Waals surface area contributed by atoms with Gasteiger partial charge in [0.15, 0.2) is 11.5 Å². The first kappa shape index (κ1) is 18.4. The molecule has 1 heterocycles. The Morgan fingerprint density at radius 1 is 1.33 bits per heavy atom. The van der Waals surface area contributed by atoms with E-state index in [-0.39, 0.29) is 17.6 Å². The van der Waals surface area contributed by atoms with Gasteiger partial charge in [0, 0.05) is 6.54 Å². The third-order valence-corrected chi connectivity index (χ3v) is 5.26. The standard InChI is InChI=1S/C17H23NO5S/c1-10(24-4)17(21)18-6-5-11-7-14(22-2)15(23-3)8-12(11)13(18)9-16(19)20/h7-8,10,13H,5-6,9H2,1-4H3,(H,19,20). The van der Waals surface area contributed by atoms with Crippen LogP contribution in [0.4, 0.5) is 0 Å². The van der Waals surface area contributed by atoms with Crippen LogP contribution in [0.5, 0.6) is 11.5 Å². The number of carboxylic acid groups (broad SMARTS) is 1. The molecular formula is C17H23NO5S. The Morgan fingerprint density at radius 3 is 2.50 bits per heavy atom.